The van der Waals surface area contributed by atoms with Gasteiger partial charge in [-0.3, -0.25) is 0 Å². The number of aromatic nitrogens is 2. The van der Waals surface area contributed by atoms with Crippen LogP contribution in [0.5, 0.6) is 0 Å². The lowest BCUT2D eigenvalue weighted by atomic mass is 10.1. The van der Waals surface area contributed by atoms with Gasteiger partial charge in [-0.1, -0.05) is 6.92 Å². The van der Waals surface area contributed by atoms with Crippen molar-refractivity contribution in [3.63, 3.8) is 0 Å². The predicted octanol–water partition coefficient (Wildman–Crippen LogP) is 0.931. The molecule has 0 spiro atoms. The molecule has 0 unspecified atom stereocenters. The molecule has 0 amide bonds. The van der Waals surface area contributed by atoms with Crippen LogP contribution in [0.15, 0.2) is 49.5 Å². The number of hydrogen-bond donors (Lipinski definition) is 2. The first kappa shape index (κ1) is 21.5. The number of anilines is 2. The second-order valence-electron chi connectivity index (χ2n) is 7.02. The Morgan fingerprint density at radius 2 is 2.00 bits per heavy atom. The molecule has 166 valence electrons. The van der Waals surface area contributed by atoms with Gasteiger partial charge in [0.05, 0.1) is 11.3 Å². The van der Waals surface area contributed by atoms with E-state index in [0.29, 0.717) is 24.6 Å². The smallest absolute Gasteiger partial charge is 0.241 e. The van der Waals surface area contributed by atoms with Gasteiger partial charge in [0.25, 0.3) is 0 Å². The Hall–Kier alpha value is -2.68. The van der Waals surface area contributed by atoms with Crippen LogP contribution in [0, 0.1) is 0 Å². The summed E-state index contributed by atoms with van der Waals surface area (Å²) in [6, 6.07) is 2.77. The third-order valence-electron chi connectivity index (χ3n) is 4.89. The lowest BCUT2D eigenvalue weighted by molar-refractivity contribution is 0.572. The number of aryl methyl sites for hydroxylation is 1. The summed E-state index contributed by atoms with van der Waals surface area (Å²) in [4.78, 5) is 9.32. The van der Waals surface area contributed by atoms with Crippen molar-refractivity contribution in [3.05, 3.63) is 30.1 Å². The molecule has 1 aromatic heterocycles. The molecule has 0 bridgehead atoms. The molecule has 0 atom stereocenters. The van der Waals surface area contributed by atoms with Crippen LogP contribution < -0.4 is 14.8 Å². The predicted molar refractivity (Wildman–Crippen MR) is 113 cm³/mol. The maximum Gasteiger partial charge on any atom is 0.241 e. The molecule has 2 aromatic rings. The summed E-state index contributed by atoms with van der Waals surface area (Å²) in [5, 5.41) is 13.3. The van der Waals surface area contributed by atoms with Crippen molar-refractivity contribution in [1.82, 2.24) is 14.3 Å². The van der Waals surface area contributed by atoms with Gasteiger partial charge in [-0.05, 0) is 25.0 Å². The maximum atomic E-state index is 12.9. The quantitative estimate of drug-likeness (QED) is 0.616. The molecule has 1 aromatic carbocycles. The molecule has 0 radical (unpaired) electrons. The number of hydrogen-bond acceptors (Lipinski definition) is 9. The van der Waals surface area contributed by atoms with Gasteiger partial charge in [0, 0.05) is 32.0 Å². The zero-order valence-corrected chi connectivity index (χ0v) is 18.4. The zero-order valence-electron chi connectivity index (χ0n) is 16.8. The number of azo groups is 1. The molecule has 2 aliphatic rings. The Balaban J connectivity index is 2.02. The number of nitrogens with two attached hydrogens (primary N) is 1. The van der Waals surface area contributed by atoms with Gasteiger partial charge < -0.3 is 9.47 Å². The van der Waals surface area contributed by atoms with Gasteiger partial charge in [0.1, 0.15) is 9.79 Å². The van der Waals surface area contributed by atoms with Gasteiger partial charge in [-0.15, -0.1) is 5.11 Å². The third kappa shape index (κ3) is 3.98. The molecule has 3 heterocycles. The van der Waals surface area contributed by atoms with Crippen LogP contribution in [0.2, 0.25) is 0 Å². The van der Waals surface area contributed by atoms with E-state index < -0.39 is 29.8 Å². The first-order chi connectivity index (χ1) is 14.7. The van der Waals surface area contributed by atoms with E-state index in [2.05, 4.69) is 24.9 Å². The molecule has 14 heteroatoms. The fourth-order valence-corrected chi connectivity index (χ4v) is 6.34. The van der Waals surface area contributed by atoms with Crippen LogP contribution in [-0.2, 0) is 26.6 Å². The monoisotopic (exact) mass is 466 g/mol. The summed E-state index contributed by atoms with van der Waals surface area (Å²) in [5.74, 6) is 0.610. The van der Waals surface area contributed by atoms with Gasteiger partial charge in [0.15, 0.2) is 12.5 Å². The minimum Gasteiger partial charge on any atom is -0.317 e. The molecule has 4 rings (SSSR count). The van der Waals surface area contributed by atoms with Crippen molar-refractivity contribution in [1.29, 1.82) is 0 Å². The first-order valence-electron chi connectivity index (χ1n) is 9.64. The van der Waals surface area contributed by atoms with Gasteiger partial charge >= 0.3 is 0 Å². The Bertz CT molecular complexity index is 1280. The Morgan fingerprint density at radius 1 is 1.19 bits per heavy atom. The van der Waals surface area contributed by atoms with Crippen molar-refractivity contribution >= 4 is 37.5 Å². The standard InChI is InChI=1S/C17H22N8O4S2/c1-2-6-22-31(28,29)13-5-4-12(25-9-3-8-24-10-7-19-17(24)25)14(15(13)30(18,26)27)16-20-11-21-23-16/h4-5,7,10,22H,2-3,6,8-9,11H2,1H3,(H2,18,26,27). The van der Waals surface area contributed by atoms with E-state index in [1.54, 1.807) is 18.0 Å². The Morgan fingerprint density at radius 3 is 2.68 bits per heavy atom. The number of fused-ring (bicyclic) bond motifs is 1. The van der Waals surface area contributed by atoms with Crippen LogP contribution in [0.1, 0.15) is 25.3 Å². The highest BCUT2D eigenvalue weighted by molar-refractivity contribution is 7.92. The van der Waals surface area contributed by atoms with E-state index in [9.17, 15) is 16.8 Å². The summed E-state index contributed by atoms with van der Waals surface area (Å²) in [5.41, 5.74) is 0.393. The van der Waals surface area contributed by atoms with E-state index in [0.717, 1.165) is 13.0 Å². The van der Waals surface area contributed by atoms with Crippen LogP contribution in [0.25, 0.3) is 0 Å². The third-order valence-corrected chi connectivity index (χ3v) is 7.52. The highest BCUT2D eigenvalue weighted by Gasteiger charge is 2.34. The fourth-order valence-electron chi connectivity index (χ4n) is 3.61. The van der Waals surface area contributed by atoms with E-state index in [-0.39, 0.29) is 24.6 Å². The average Bonchev–Trinajstić information content (AvgIpc) is 3.42. The molecule has 3 N–H and O–H groups in total. The van der Waals surface area contributed by atoms with Gasteiger partial charge in [-0.25, -0.2) is 36.7 Å². The van der Waals surface area contributed by atoms with Gasteiger partial charge in [0.2, 0.25) is 26.0 Å². The lowest BCUT2D eigenvalue weighted by Gasteiger charge is -2.31. The molecule has 0 aliphatic carbocycles. The second-order valence-corrected chi connectivity index (χ2v) is 10.3. The largest absolute Gasteiger partial charge is 0.317 e. The van der Waals surface area contributed by atoms with Crippen LogP contribution >= 0.6 is 0 Å². The van der Waals surface area contributed by atoms with Crippen molar-refractivity contribution in [2.45, 2.75) is 36.1 Å². The Kier molecular flexibility index (Phi) is 5.63. The minimum atomic E-state index is -4.49. The lowest BCUT2D eigenvalue weighted by Crippen LogP contribution is -2.32. The number of benzene rings is 1. The number of nitrogens with one attached hydrogen (secondary N) is 1. The zero-order chi connectivity index (χ0) is 22.2. The van der Waals surface area contributed by atoms with Crippen LogP contribution in [0.4, 0.5) is 11.6 Å². The molecule has 31 heavy (non-hydrogen) atoms. The highest BCUT2D eigenvalue weighted by atomic mass is 32.2. The first-order valence-corrected chi connectivity index (χ1v) is 12.7. The molecule has 12 nitrogen and oxygen atoms in total. The number of nitrogens with zero attached hydrogens (tertiary/aromatic N) is 6. The van der Waals surface area contributed by atoms with Crippen molar-refractivity contribution < 1.29 is 16.8 Å². The molecule has 0 fully saturated rings. The summed E-state index contributed by atoms with van der Waals surface area (Å²) in [7, 11) is -8.65. The summed E-state index contributed by atoms with van der Waals surface area (Å²) in [6.45, 7) is 3.26. The normalized spacial score (nSPS) is 16.5. The van der Waals surface area contributed by atoms with Crippen molar-refractivity contribution in [3.8, 4) is 0 Å². The molecule has 0 saturated carbocycles. The molecule has 2 aliphatic heterocycles. The number of aliphatic imine (C=N–C) groups is 1. The summed E-state index contributed by atoms with van der Waals surface area (Å²) in [6.07, 6.45) is 4.78. The van der Waals surface area contributed by atoms with Crippen LogP contribution in [-0.4, -0.2) is 52.0 Å². The fraction of sp³-hybridized carbons (Fsp3) is 0.412. The summed E-state index contributed by atoms with van der Waals surface area (Å²) < 4.78 is 55.6. The number of rotatable bonds is 7. The maximum absolute atomic E-state index is 12.9. The van der Waals surface area contributed by atoms with E-state index in [4.69, 9.17) is 5.14 Å². The number of sulfonamides is 2. The second kappa shape index (κ2) is 8.11. The molecule has 0 saturated heterocycles. The van der Waals surface area contributed by atoms with Crippen LogP contribution in [0.3, 0.4) is 0 Å². The van der Waals surface area contributed by atoms with E-state index >= 15 is 0 Å². The Labute approximate surface area is 180 Å². The minimum absolute atomic E-state index is 0.000395. The SMILES string of the molecule is CCCNS(=O)(=O)c1ccc(N2CCCn3ccnc32)c(C2=NCN=N2)c1S(N)(=O)=O. The van der Waals surface area contributed by atoms with Crippen molar-refractivity contribution in [2.75, 3.05) is 24.7 Å². The summed E-state index contributed by atoms with van der Waals surface area (Å²) >= 11 is 0. The van der Waals surface area contributed by atoms with Crippen molar-refractivity contribution in [2.24, 2.45) is 20.4 Å². The van der Waals surface area contributed by atoms with Gasteiger partial charge in [-0.2, -0.15) is 5.11 Å². The number of primary sulfonamides is 1. The van der Waals surface area contributed by atoms with E-state index in [1.807, 2.05) is 10.8 Å². The van der Waals surface area contributed by atoms with E-state index in [1.165, 1.54) is 12.1 Å². The highest BCUT2D eigenvalue weighted by Crippen LogP contribution is 2.38. The average molecular weight is 467 g/mol. The molecular weight excluding hydrogens is 444 g/mol. The molecular formula is C17H22N8O4S2. The number of amidine groups is 1. The topological polar surface area (TPSA) is 164 Å². The number of imidazole rings is 1.